The van der Waals surface area contributed by atoms with Crippen LogP contribution in [0.25, 0.3) is 0 Å². The summed E-state index contributed by atoms with van der Waals surface area (Å²) in [6.07, 6.45) is 1.16. The maximum atomic E-state index is 12.5. The highest BCUT2D eigenvalue weighted by atomic mass is 16.6. The van der Waals surface area contributed by atoms with E-state index in [2.05, 4.69) is 4.99 Å². The van der Waals surface area contributed by atoms with Crippen LogP contribution >= 0.6 is 0 Å². The van der Waals surface area contributed by atoms with Gasteiger partial charge in [0.1, 0.15) is 12.4 Å². The molecule has 1 N–H and O–H groups in total. The number of ketones is 1. The minimum atomic E-state index is -0.560. The number of rotatable bonds is 10. The summed E-state index contributed by atoms with van der Waals surface area (Å²) in [5, 5.41) is 20.4. The van der Waals surface area contributed by atoms with Crippen LogP contribution in [0.4, 0.5) is 5.69 Å². The molecule has 9 heteroatoms. The van der Waals surface area contributed by atoms with Crippen LogP contribution in [0.3, 0.4) is 0 Å². The molecule has 3 aromatic rings. The molecule has 0 fully saturated rings. The molecule has 160 valence electrons. The summed E-state index contributed by atoms with van der Waals surface area (Å²) < 4.78 is 11.8. The molecule has 3 rings (SSSR count). The van der Waals surface area contributed by atoms with E-state index in [4.69, 9.17) is 9.47 Å². The molecule has 0 amide bonds. The Labute approximate surface area is 177 Å². The van der Waals surface area contributed by atoms with Gasteiger partial charge in [0.2, 0.25) is 0 Å². The molecule has 9 nitrogen and oxygen atoms in total. The minimum Gasteiger partial charge on any atom is -0.491 e. The van der Waals surface area contributed by atoms with E-state index in [-0.39, 0.29) is 36.7 Å². The fourth-order valence-electron chi connectivity index (χ4n) is 2.73. The van der Waals surface area contributed by atoms with Gasteiger partial charge in [-0.2, -0.15) is 4.73 Å². The van der Waals surface area contributed by atoms with Crippen molar-refractivity contribution in [3.63, 3.8) is 0 Å². The average Bonchev–Trinajstić information content (AvgIpc) is 2.79. The first-order valence-corrected chi connectivity index (χ1v) is 9.52. The van der Waals surface area contributed by atoms with Crippen LogP contribution in [0, 0.1) is 10.1 Å². The van der Waals surface area contributed by atoms with Gasteiger partial charge in [-0.1, -0.05) is 42.5 Å². The topological polar surface area (TPSA) is 116 Å². The van der Waals surface area contributed by atoms with Crippen LogP contribution in [-0.4, -0.2) is 47.0 Å². The zero-order valence-electron chi connectivity index (χ0n) is 16.6. The predicted molar refractivity (Wildman–Crippen MR) is 111 cm³/mol. The number of ether oxygens (including phenoxy) is 2. The third kappa shape index (κ3) is 6.25. The van der Waals surface area contributed by atoms with Crippen molar-refractivity contribution in [2.75, 3.05) is 26.4 Å². The van der Waals surface area contributed by atoms with Crippen molar-refractivity contribution >= 4 is 11.5 Å². The van der Waals surface area contributed by atoms with Crippen LogP contribution in [-0.2, 0) is 4.74 Å². The van der Waals surface area contributed by atoms with E-state index >= 15 is 0 Å². The number of nitro groups is 1. The van der Waals surface area contributed by atoms with Gasteiger partial charge in [-0.3, -0.25) is 19.9 Å². The molecule has 0 atom stereocenters. The van der Waals surface area contributed by atoms with Crippen LogP contribution < -0.4 is 10.2 Å². The van der Waals surface area contributed by atoms with Crippen molar-refractivity contribution in [1.82, 2.24) is 4.73 Å². The highest BCUT2D eigenvalue weighted by Gasteiger charge is 2.09. The van der Waals surface area contributed by atoms with Gasteiger partial charge in [0.25, 0.3) is 5.69 Å². The third-order valence-electron chi connectivity index (χ3n) is 4.25. The number of carbonyl (C=O) groups is 1. The second kappa shape index (κ2) is 10.7. The number of hydrogen-bond acceptors (Lipinski definition) is 7. The Morgan fingerprint density at radius 2 is 1.77 bits per heavy atom. The van der Waals surface area contributed by atoms with Crippen molar-refractivity contribution in [2.45, 2.75) is 0 Å². The summed E-state index contributed by atoms with van der Waals surface area (Å²) in [5.41, 5.74) is 1.05. The minimum absolute atomic E-state index is 0.0638. The van der Waals surface area contributed by atoms with E-state index in [0.717, 1.165) is 6.20 Å². The zero-order chi connectivity index (χ0) is 22.1. The van der Waals surface area contributed by atoms with Crippen molar-refractivity contribution in [2.24, 2.45) is 4.99 Å². The lowest BCUT2D eigenvalue weighted by atomic mass is 10.0. The molecule has 1 heterocycles. The highest BCUT2D eigenvalue weighted by molar-refractivity contribution is 6.09. The summed E-state index contributed by atoms with van der Waals surface area (Å²) in [6.45, 7) is 1.03. The van der Waals surface area contributed by atoms with Crippen LogP contribution in [0.1, 0.15) is 15.9 Å². The summed E-state index contributed by atoms with van der Waals surface area (Å²) >= 11 is 0. The maximum Gasteiger partial charge on any atom is 0.274 e. The van der Waals surface area contributed by atoms with E-state index in [1.165, 1.54) is 12.1 Å². The molecule has 0 spiro atoms. The van der Waals surface area contributed by atoms with E-state index in [1.54, 1.807) is 36.4 Å². The summed E-state index contributed by atoms with van der Waals surface area (Å²) in [7, 11) is 0. The molecule has 0 saturated heterocycles. The Bertz CT molecular complexity index is 1110. The number of nitrogens with zero attached hydrogens (tertiary/aromatic N) is 3. The summed E-state index contributed by atoms with van der Waals surface area (Å²) in [4.78, 5) is 26.8. The zero-order valence-corrected chi connectivity index (χ0v) is 16.6. The molecule has 0 radical (unpaired) electrons. The lowest BCUT2D eigenvalue weighted by Crippen LogP contribution is -2.20. The van der Waals surface area contributed by atoms with Crippen LogP contribution in [0.15, 0.2) is 77.9 Å². The van der Waals surface area contributed by atoms with E-state index in [1.807, 2.05) is 18.2 Å². The van der Waals surface area contributed by atoms with Gasteiger partial charge in [-0.15, -0.1) is 0 Å². The Hall–Kier alpha value is -3.98. The van der Waals surface area contributed by atoms with Gasteiger partial charge >= 0.3 is 0 Å². The van der Waals surface area contributed by atoms with Crippen molar-refractivity contribution in [3.05, 3.63) is 99.7 Å². The fourth-order valence-corrected chi connectivity index (χ4v) is 2.73. The first-order chi connectivity index (χ1) is 15.0. The number of benzene rings is 2. The van der Waals surface area contributed by atoms with Crippen molar-refractivity contribution in [1.29, 1.82) is 0 Å². The second-order valence-corrected chi connectivity index (χ2v) is 6.41. The maximum absolute atomic E-state index is 12.5. The first-order valence-electron chi connectivity index (χ1n) is 9.52. The summed E-state index contributed by atoms with van der Waals surface area (Å²) in [5.74, 6) is 0.485. The van der Waals surface area contributed by atoms with Gasteiger partial charge in [0.05, 0.1) is 36.9 Å². The van der Waals surface area contributed by atoms with Gasteiger partial charge in [-0.05, 0) is 12.1 Å². The van der Waals surface area contributed by atoms with Crippen LogP contribution in [0.2, 0.25) is 0 Å². The van der Waals surface area contributed by atoms with Gasteiger partial charge < -0.3 is 14.7 Å². The van der Waals surface area contributed by atoms with E-state index < -0.39 is 4.92 Å². The standard InChI is InChI=1S/C22H21N3O6/c26-22(17-5-2-1-3-6-17)18-7-4-8-20(15-18)31-14-13-30-12-10-23-21-16-19(25(28)29)9-11-24(21)27/h1-9,11,15-16,27H,10,12-14H2. The first kappa shape index (κ1) is 21.7. The van der Waals surface area contributed by atoms with Crippen molar-refractivity contribution < 1.29 is 24.4 Å². The SMILES string of the molecule is O=C(c1ccccc1)c1cccc(OCCOCCN=c2cc([N+](=O)[O-])ccn2O)c1. The number of hydrogen-bond donors (Lipinski definition) is 1. The molecule has 31 heavy (non-hydrogen) atoms. The number of carbonyl (C=O) groups excluding carboxylic acids is 1. The number of pyridine rings is 1. The normalized spacial score (nSPS) is 11.3. The average molecular weight is 423 g/mol. The third-order valence-corrected chi connectivity index (χ3v) is 4.25. The monoisotopic (exact) mass is 423 g/mol. The largest absolute Gasteiger partial charge is 0.491 e. The predicted octanol–water partition coefficient (Wildman–Crippen LogP) is 2.86. The van der Waals surface area contributed by atoms with E-state index in [9.17, 15) is 20.1 Å². The lowest BCUT2D eigenvalue weighted by Gasteiger charge is -2.08. The molecule has 1 aromatic heterocycles. The van der Waals surface area contributed by atoms with Gasteiger partial charge in [0, 0.05) is 17.2 Å². The molecule has 0 saturated carbocycles. The smallest absolute Gasteiger partial charge is 0.274 e. The molecule has 0 aliphatic heterocycles. The Kier molecular flexibility index (Phi) is 7.50. The molecular weight excluding hydrogens is 402 g/mol. The Morgan fingerprint density at radius 3 is 2.55 bits per heavy atom. The molecule has 2 aromatic carbocycles. The Morgan fingerprint density at radius 1 is 1.00 bits per heavy atom. The lowest BCUT2D eigenvalue weighted by molar-refractivity contribution is -0.385. The molecule has 0 bridgehead atoms. The highest BCUT2D eigenvalue weighted by Crippen LogP contribution is 2.16. The van der Waals surface area contributed by atoms with Gasteiger partial charge in [-0.25, -0.2) is 0 Å². The molecule has 0 unspecified atom stereocenters. The van der Waals surface area contributed by atoms with Crippen molar-refractivity contribution in [3.8, 4) is 5.75 Å². The number of aromatic nitrogens is 1. The van der Waals surface area contributed by atoms with Gasteiger partial charge in [0.15, 0.2) is 11.3 Å². The van der Waals surface area contributed by atoms with Crippen LogP contribution in [0.5, 0.6) is 5.75 Å². The molecule has 0 aliphatic carbocycles. The molecular formula is C22H21N3O6. The second-order valence-electron chi connectivity index (χ2n) is 6.41. The fraction of sp³-hybridized carbons (Fsp3) is 0.182. The Balaban J connectivity index is 1.44. The molecule has 0 aliphatic rings. The quantitative estimate of drug-likeness (QED) is 0.176. The summed E-state index contributed by atoms with van der Waals surface area (Å²) in [6, 6.07) is 18.3. The van der Waals surface area contributed by atoms with E-state index in [0.29, 0.717) is 28.2 Å².